The summed E-state index contributed by atoms with van der Waals surface area (Å²) in [5.41, 5.74) is 2.16. The third kappa shape index (κ3) is 6.00. The predicted octanol–water partition coefficient (Wildman–Crippen LogP) is 4.45. The Labute approximate surface area is 182 Å². The van der Waals surface area contributed by atoms with Gasteiger partial charge < -0.3 is 19.1 Å². The molecule has 3 aromatic rings. The zero-order valence-electron chi connectivity index (χ0n) is 17.9. The predicted molar refractivity (Wildman–Crippen MR) is 120 cm³/mol. The molecule has 1 heterocycles. The van der Waals surface area contributed by atoms with Crippen LogP contribution in [0.25, 0.3) is 11.4 Å². The first-order chi connectivity index (χ1) is 14.5. The van der Waals surface area contributed by atoms with Gasteiger partial charge in [0.2, 0.25) is 0 Å². The van der Waals surface area contributed by atoms with E-state index in [-0.39, 0.29) is 6.61 Å². The van der Waals surface area contributed by atoms with Crippen LogP contribution in [0.3, 0.4) is 0 Å². The van der Waals surface area contributed by atoms with Crippen LogP contribution in [-0.2, 0) is 6.54 Å². The highest BCUT2D eigenvalue weighted by molar-refractivity contribution is 7.99. The Bertz CT molecular complexity index is 924. The van der Waals surface area contributed by atoms with Crippen LogP contribution in [-0.4, -0.2) is 45.4 Å². The number of methoxy groups -OCH3 is 1. The molecule has 6 nitrogen and oxygen atoms in total. The van der Waals surface area contributed by atoms with Gasteiger partial charge in [0.15, 0.2) is 11.0 Å². The molecular weight excluding hydrogens is 398 g/mol. The van der Waals surface area contributed by atoms with Crippen LogP contribution in [0.1, 0.15) is 19.4 Å². The first-order valence-electron chi connectivity index (χ1n) is 10.0. The van der Waals surface area contributed by atoms with Crippen LogP contribution >= 0.6 is 11.8 Å². The summed E-state index contributed by atoms with van der Waals surface area (Å²) in [5, 5.41) is 20.0. The molecule has 1 atom stereocenters. The van der Waals surface area contributed by atoms with E-state index in [1.165, 1.54) is 17.3 Å². The van der Waals surface area contributed by atoms with E-state index in [0.29, 0.717) is 11.7 Å². The van der Waals surface area contributed by atoms with Crippen molar-refractivity contribution in [3.05, 3.63) is 54.1 Å². The molecule has 0 fully saturated rings. The Morgan fingerprint density at radius 3 is 2.30 bits per heavy atom. The lowest BCUT2D eigenvalue weighted by Gasteiger charge is -2.15. The van der Waals surface area contributed by atoms with Crippen molar-refractivity contribution in [3.8, 4) is 22.9 Å². The van der Waals surface area contributed by atoms with Gasteiger partial charge >= 0.3 is 0 Å². The number of rotatable bonds is 10. The number of aromatic nitrogens is 3. The summed E-state index contributed by atoms with van der Waals surface area (Å²) >= 11 is 1.49. The first-order valence-corrected chi connectivity index (χ1v) is 11.0. The standard InChI is InChI=1S/C23H29N3O3S/c1-16(2)13-26-22(18-7-11-20(28-4)12-8-18)24-25-23(26)30-15-19(27)14-29-21-9-5-17(3)6-10-21/h5-12,16,19,27H,13-15H2,1-4H3/t19-/m0/s1. The molecule has 7 heteroatoms. The van der Waals surface area contributed by atoms with Gasteiger partial charge in [-0.05, 0) is 49.2 Å². The number of hydrogen-bond acceptors (Lipinski definition) is 6. The monoisotopic (exact) mass is 427 g/mol. The van der Waals surface area contributed by atoms with E-state index in [0.717, 1.165) is 34.6 Å². The van der Waals surface area contributed by atoms with E-state index < -0.39 is 6.10 Å². The minimum absolute atomic E-state index is 0.236. The lowest BCUT2D eigenvalue weighted by atomic mass is 10.2. The Hall–Kier alpha value is -2.51. The van der Waals surface area contributed by atoms with Crippen LogP contribution < -0.4 is 9.47 Å². The summed E-state index contributed by atoms with van der Waals surface area (Å²) in [5.74, 6) is 3.30. The van der Waals surface area contributed by atoms with Crippen molar-refractivity contribution >= 4 is 11.8 Å². The molecule has 0 saturated carbocycles. The Kier molecular flexibility index (Phi) is 7.76. The highest BCUT2D eigenvalue weighted by atomic mass is 32.2. The number of aliphatic hydroxyl groups excluding tert-OH is 1. The normalized spacial score (nSPS) is 12.2. The van der Waals surface area contributed by atoms with Crippen molar-refractivity contribution in [1.82, 2.24) is 14.8 Å². The number of thioether (sulfide) groups is 1. The molecule has 3 rings (SSSR count). The maximum atomic E-state index is 10.4. The molecular formula is C23H29N3O3S. The Morgan fingerprint density at radius 1 is 1.00 bits per heavy atom. The van der Waals surface area contributed by atoms with Crippen LogP contribution in [0, 0.1) is 12.8 Å². The molecule has 0 bridgehead atoms. The number of nitrogens with zero attached hydrogens (tertiary/aromatic N) is 3. The molecule has 0 unspecified atom stereocenters. The fourth-order valence-corrected chi connectivity index (χ4v) is 3.78. The lowest BCUT2D eigenvalue weighted by Crippen LogP contribution is -2.20. The van der Waals surface area contributed by atoms with Crippen molar-refractivity contribution in [1.29, 1.82) is 0 Å². The third-order valence-corrected chi connectivity index (χ3v) is 5.59. The summed E-state index contributed by atoms with van der Waals surface area (Å²) in [6, 6.07) is 15.6. The molecule has 0 amide bonds. The highest BCUT2D eigenvalue weighted by Crippen LogP contribution is 2.27. The Morgan fingerprint density at radius 2 is 1.67 bits per heavy atom. The number of hydrogen-bond donors (Lipinski definition) is 1. The van der Waals surface area contributed by atoms with Crippen molar-refractivity contribution in [2.24, 2.45) is 5.92 Å². The summed E-state index contributed by atoms with van der Waals surface area (Å²) in [6.07, 6.45) is -0.607. The second-order valence-corrected chi connectivity index (χ2v) is 8.62. The lowest BCUT2D eigenvalue weighted by molar-refractivity contribution is 0.126. The summed E-state index contributed by atoms with van der Waals surface area (Å²) in [7, 11) is 1.65. The fourth-order valence-electron chi connectivity index (χ4n) is 2.92. The molecule has 0 saturated heterocycles. The van der Waals surface area contributed by atoms with Gasteiger partial charge in [0.25, 0.3) is 0 Å². The average molecular weight is 428 g/mol. The highest BCUT2D eigenvalue weighted by Gasteiger charge is 2.17. The van der Waals surface area contributed by atoms with Crippen molar-refractivity contribution in [2.75, 3.05) is 19.5 Å². The SMILES string of the molecule is COc1ccc(-c2nnc(SC[C@@H](O)COc3ccc(C)cc3)n2CC(C)C)cc1. The fraction of sp³-hybridized carbons (Fsp3) is 0.391. The largest absolute Gasteiger partial charge is 0.497 e. The topological polar surface area (TPSA) is 69.4 Å². The van der Waals surface area contributed by atoms with Gasteiger partial charge in [-0.25, -0.2) is 0 Å². The molecule has 0 aliphatic carbocycles. The number of benzene rings is 2. The second-order valence-electron chi connectivity index (χ2n) is 7.63. The van der Waals surface area contributed by atoms with Gasteiger partial charge in [-0.15, -0.1) is 10.2 Å². The Balaban J connectivity index is 1.65. The minimum Gasteiger partial charge on any atom is -0.497 e. The molecule has 1 N–H and O–H groups in total. The van der Waals surface area contributed by atoms with Gasteiger partial charge in [0.05, 0.1) is 13.2 Å². The maximum Gasteiger partial charge on any atom is 0.191 e. The summed E-state index contributed by atoms with van der Waals surface area (Å²) in [6.45, 7) is 7.39. The summed E-state index contributed by atoms with van der Waals surface area (Å²) < 4.78 is 13.0. The van der Waals surface area contributed by atoms with Gasteiger partial charge in [-0.1, -0.05) is 43.3 Å². The quantitative estimate of drug-likeness (QED) is 0.482. The average Bonchev–Trinajstić information content (AvgIpc) is 3.13. The molecule has 0 radical (unpaired) electrons. The van der Waals surface area contributed by atoms with E-state index in [2.05, 4.69) is 28.6 Å². The van der Waals surface area contributed by atoms with Crippen LogP contribution in [0.2, 0.25) is 0 Å². The van der Waals surface area contributed by atoms with Crippen LogP contribution in [0.4, 0.5) is 0 Å². The molecule has 0 spiro atoms. The van der Waals surface area contributed by atoms with Gasteiger partial charge in [0, 0.05) is 17.9 Å². The van der Waals surface area contributed by atoms with E-state index in [1.807, 2.05) is 55.5 Å². The zero-order chi connectivity index (χ0) is 21.5. The maximum absolute atomic E-state index is 10.4. The second kappa shape index (κ2) is 10.5. The number of aryl methyl sites for hydroxylation is 1. The molecule has 0 aliphatic heterocycles. The minimum atomic E-state index is -0.607. The van der Waals surface area contributed by atoms with Crippen LogP contribution in [0.5, 0.6) is 11.5 Å². The smallest absolute Gasteiger partial charge is 0.191 e. The van der Waals surface area contributed by atoms with E-state index in [4.69, 9.17) is 9.47 Å². The van der Waals surface area contributed by atoms with E-state index in [9.17, 15) is 5.11 Å². The molecule has 1 aromatic heterocycles. The number of aliphatic hydroxyl groups is 1. The molecule has 30 heavy (non-hydrogen) atoms. The van der Waals surface area contributed by atoms with Gasteiger partial charge in [-0.3, -0.25) is 0 Å². The first kappa shape index (κ1) is 22.2. The van der Waals surface area contributed by atoms with E-state index in [1.54, 1.807) is 7.11 Å². The summed E-state index contributed by atoms with van der Waals surface area (Å²) in [4.78, 5) is 0. The van der Waals surface area contributed by atoms with E-state index >= 15 is 0 Å². The molecule has 0 aliphatic rings. The molecule has 160 valence electrons. The van der Waals surface area contributed by atoms with Gasteiger partial charge in [-0.2, -0.15) is 0 Å². The third-order valence-electron chi connectivity index (χ3n) is 4.48. The zero-order valence-corrected chi connectivity index (χ0v) is 18.7. The van der Waals surface area contributed by atoms with Crippen molar-refractivity contribution in [2.45, 2.75) is 38.6 Å². The van der Waals surface area contributed by atoms with Crippen molar-refractivity contribution < 1.29 is 14.6 Å². The number of ether oxygens (including phenoxy) is 2. The van der Waals surface area contributed by atoms with Crippen molar-refractivity contribution in [3.63, 3.8) is 0 Å². The molecule has 2 aromatic carbocycles. The van der Waals surface area contributed by atoms with Gasteiger partial charge in [0.1, 0.15) is 18.1 Å². The van der Waals surface area contributed by atoms with Crippen LogP contribution in [0.15, 0.2) is 53.7 Å².